The van der Waals surface area contributed by atoms with Gasteiger partial charge in [-0.3, -0.25) is 9.59 Å². The lowest BCUT2D eigenvalue weighted by molar-refractivity contribution is 0.0661. The van der Waals surface area contributed by atoms with Crippen molar-refractivity contribution in [2.75, 3.05) is 33.2 Å². The van der Waals surface area contributed by atoms with Crippen LogP contribution in [0.4, 0.5) is 0 Å². The molecule has 0 bridgehead atoms. The number of nitrogens with zero attached hydrogens (tertiary/aromatic N) is 3. The SMILES string of the molecule is CN1CCN(C(=O)c2cccn(C)c2=O)CC1. The first kappa shape index (κ1) is 11.9. The number of rotatable bonds is 1. The minimum absolute atomic E-state index is 0.153. The van der Waals surface area contributed by atoms with Crippen LogP contribution < -0.4 is 5.56 Å². The Balaban J connectivity index is 2.20. The zero-order valence-electron chi connectivity index (χ0n) is 10.2. The Bertz CT molecular complexity index is 473. The number of pyridine rings is 1. The molecular formula is C12H17N3O2. The summed E-state index contributed by atoms with van der Waals surface area (Å²) in [5.74, 6) is -0.153. The van der Waals surface area contributed by atoms with Gasteiger partial charge in [-0.05, 0) is 19.2 Å². The third kappa shape index (κ3) is 2.39. The molecule has 0 radical (unpaired) electrons. The molecule has 0 N–H and O–H groups in total. The van der Waals surface area contributed by atoms with Crippen LogP contribution in [-0.2, 0) is 7.05 Å². The minimum atomic E-state index is -0.226. The van der Waals surface area contributed by atoms with Crippen molar-refractivity contribution in [3.05, 3.63) is 34.2 Å². The van der Waals surface area contributed by atoms with Crippen LogP contribution >= 0.6 is 0 Å². The fraction of sp³-hybridized carbons (Fsp3) is 0.500. The van der Waals surface area contributed by atoms with Crippen molar-refractivity contribution in [3.63, 3.8) is 0 Å². The van der Waals surface area contributed by atoms with E-state index in [-0.39, 0.29) is 17.0 Å². The van der Waals surface area contributed by atoms with E-state index in [0.29, 0.717) is 13.1 Å². The number of hydrogen-bond donors (Lipinski definition) is 0. The highest BCUT2D eigenvalue weighted by Gasteiger charge is 2.22. The number of carbonyl (C=O) groups is 1. The molecule has 0 atom stereocenters. The highest BCUT2D eigenvalue weighted by Crippen LogP contribution is 2.04. The molecule has 2 rings (SSSR count). The van der Waals surface area contributed by atoms with Gasteiger partial charge in [0.2, 0.25) is 0 Å². The van der Waals surface area contributed by atoms with Gasteiger partial charge in [-0.25, -0.2) is 0 Å². The van der Waals surface area contributed by atoms with Crippen molar-refractivity contribution < 1.29 is 4.79 Å². The van der Waals surface area contributed by atoms with Gasteiger partial charge in [0.25, 0.3) is 11.5 Å². The van der Waals surface area contributed by atoms with E-state index in [0.717, 1.165) is 13.1 Å². The molecule has 1 fully saturated rings. The van der Waals surface area contributed by atoms with Crippen molar-refractivity contribution in [2.24, 2.45) is 7.05 Å². The topological polar surface area (TPSA) is 45.5 Å². The second-order valence-electron chi connectivity index (χ2n) is 4.43. The molecule has 0 saturated carbocycles. The Morgan fingerprint density at radius 2 is 1.82 bits per heavy atom. The summed E-state index contributed by atoms with van der Waals surface area (Å²) < 4.78 is 1.43. The lowest BCUT2D eigenvalue weighted by Crippen LogP contribution is -2.48. The number of carbonyl (C=O) groups excluding carboxylic acids is 1. The molecule has 17 heavy (non-hydrogen) atoms. The summed E-state index contributed by atoms with van der Waals surface area (Å²) >= 11 is 0. The first-order chi connectivity index (χ1) is 8.09. The van der Waals surface area contributed by atoms with Crippen LogP contribution in [0, 0.1) is 0 Å². The van der Waals surface area contributed by atoms with Crippen molar-refractivity contribution >= 4 is 5.91 Å². The zero-order valence-corrected chi connectivity index (χ0v) is 10.2. The van der Waals surface area contributed by atoms with E-state index in [1.165, 1.54) is 4.57 Å². The van der Waals surface area contributed by atoms with Gasteiger partial charge in [0.15, 0.2) is 0 Å². The summed E-state index contributed by atoms with van der Waals surface area (Å²) in [5.41, 5.74) is 0.0379. The lowest BCUT2D eigenvalue weighted by atomic mass is 10.2. The average molecular weight is 235 g/mol. The molecule has 0 spiro atoms. The lowest BCUT2D eigenvalue weighted by Gasteiger charge is -2.32. The first-order valence-electron chi connectivity index (χ1n) is 5.73. The van der Waals surface area contributed by atoms with E-state index < -0.39 is 0 Å². The van der Waals surface area contributed by atoms with Gasteiger partial charge in [0, 0.05) is 39.4 Å². The highest BCUT2D eigenvalue weighted by atomic mass is 16.2. The van der Waals surface area contributed by atoms with E-state index >= 15 is 0 Å². The third-order valence-electron chi connectivity index (χ3n) is 3.14. The number of aryl methyl sites for hydroxylation is 1. The summed E-state index contributed by atoms with van der Waals surface area (Å²) in [6.07, 6.45) is 1.66. The number of piperazine rings is 1. The smallest absolute Gasteiger partial charge is 0.263 e. The zero-order chi connectivity index (χ0) is 12.4. The maximum Gasteiger partial charge on any atom is 0.263 e. The van der Waals surface area contributed by atoms with Crippen molar-refractivity contribution in [1.29, 1.82) is 0 Å². The molecule has 1 aromatic rings. The normalized spacial score (nSPS) is 17.2. The molecule has 1 aliphatic rings. The van der Waals surface area contributed by atoms with Gasteiger partial charge < -0.3 is 14.4 Å². The molecule has 1 aliphatic heterocycles. The van der Waals surface area contributed by atoms with Gasteiger partial charge in [-0.1, -0.05) is 0 Å². The predicted octanol–water partition coefficient (Wildman–Crippen LogP) is -0.227. The Labute approximate surface area is 100 Å². The molecule has 1 amide bonds. The number of aromatic nitrogens is 1. The fourth-order valence-corrected chi connectivity index (χ4v) is 1.94. The molecule has 5 heteroatoms. The van der Waals surface area contributed by atoms with E-state index in [9.17, 15) is 9.59 Å². The Morgan fingerprint density at radius 3 is 2.47 bits per heavy atom. The molecular weight excluding hydrogens is 218 g/mol. The van der Waals surface area contributed by atoms with Gasteiger partial charge in [-0.2, -0.15) is 0 Å². The summed E-state index contributed by atoms with van der Waals surface area (Å²) in [6, 6.07) is 3.33. The van der Waals surface area contributed by atoms with E-state index in [1.807, 2.05) is 7.05 Å². The Kier molecular flexibility index (Phi) is 3.28. The molecule has 1 saturated heterocycles. The Hall–Kier alpha value is -1.62. The second kappa shape index (κ2) is 4.71. The number of amides is 1. The van der Waals surface area contributed by atoms with Crippen LogP contribution in [0.25, 0.3) is 0 Å². The molecule has 5 nitrogen and oxygen atoms in total. The average Bonchev–Trinajstić information content (AvgIpc) is 2.33. The Morgan fingerprint density at radius 1 is 1.18 bits per heavy atom. The second-order valence-corrected chi connectivity index (χ2v) is 4.43. The summed E-state index contributed by atoms with van der Waals surface area (Å²) in [5, 5.41) is 0. The molecule has 1 aromatic heterocycles. The van der Waals surface area contributed by atoms with E-state index in [2.05, 4.69) is 4.90 Å². The summed E-state index contributed by atoms with van der Waals surface area (Å²) in [4.78, 5) is 27.9. The van der Waals surface area contributed by atoms with Crippen LogP contribution in [0.1, 0.15) is 10.4 Å². The van der Waals surface area contributed by atoms with Gasteiger partial charge in [0.1, 0.15) is 5.56 Å². The molecule has 2 heterocycles. The van der Waals surface area contributed by atoms with Crippen molar-refractivity contribution in [1.82, 2.24) is 14.4 Å². The molecule has 0 aliphatic carbocycles. The summed E-state index contributed by atoms with van der Waals surface area (Å²) in [7, 11) is 3.69. The van der Waals surface area contributed by atoms with Gasteiger partial charge in [0.05, 0.1) is 0 Å². The van der Waals surface area contributed by atoms with Gasteiger partial charge >= 0.3 is 0 Å². The van der Waals surface area contributed by atoms with Crippen LogP contribution in [0.5, 0.6) is 0 Å². The van der Waals surface area contributed by atoms with E-state index in [1.54, 1.807) is 30.3 Å². The van der Waals surface area contributed by atoms with Crippen molar-refractivity contribution in [2.45, 2.75) is 0 Å². The van der Waals surface area contributed by atoms with Crippen LogP contribution in [-0.4, -0.2) is 53.5 Å². The number of likely N-dealkylation sites (N-methyl/N-ethyl adjacent to an activating group) is 1. The first-order valence-corrected chi connectivity index (χ1v) is 5.73. The minimum Gasteiger partial charge on any atom is -0.336 e. The summed E-state index contributed by atoms with van der Waals surface area (Å²) in [6.45, 7) is 3.10. The van der Waals surface area contributed by atoms with Crippen LogP contribution in [0.15, 0.2) is 23.1 Å². The monoisotopic (exact) mass is 235 g/mol. The maximum absolute atomic E-state index is 12.2. The predicted molar refractivity (Wildman–Crippen MR) is 65.1 cm³/mol. The van der Waals surface area contributed by atoms with Crippen LogP contribution in [0.3, 0.4) is 0 Å². The van der Waals surface area contributed by atoms with Crippen LogP contribution in [0.2, 0.25) is 0 Å². The van der Waals surface area contributed by atoms with Gasteiger partial charge in [-0.15, -0.1) is 0 Å². The molecule has 0 aromatic carbocycles. The van der Waals surface area contributed by atoms with Crippen molar-refractivity contribution in [3.8, 4) is 0 Å². The highest BCUT2D eigenvalue weighted by molar-refractivity contribution is 5.93. The number of hydrogen-bond acceptors (Lipinski definition) is 3. The largest absolute Gasteiger partial charge is 0.336 e. The molecule has 92 valence electrons. The third-order valence-corrected chi connectivity index (χ3v) is 3.14. The molecule has 0 unspecified atom stereocenters. The quantitative estimate of drug-likeness (QED) is 0.675. The maximum atomic E-state index is 12.2. The van der Waals surface area contributed by atoms with E-state index in [4.69, 9.17) is 0 Å². The fourth-order valence-electron chi connectivity index (χ4n) is 1.94. The standard InChI is InChI=1S/C12H17N3O2/c1-13-6-8-15(9-7-13)12(17)10-4-3-5-14(2)11(10)16/h3-5H,6-9H2,1-2H3.